The first kappa shape index (κ1) is 17.0. The highest BCUT2D eigenvalue weighted by Gasteiger charge is 1.97. The van der Waals surface area contributed by atoms with Crippen molar-refractivity contribution >= 4 is 23.5 Å². The van der Waals surface area contributed by atoms with Crippen molar-refractivity contribution in [1.82, 2.24) is 10.7 Å². The van der Waals surface area contributed by atoms with Crippen molar-refractivity contribution in [3.8, 4) is 5.75 Å². The zero-order valence-corrected chi connectivity index (χ0v) is 14.2. The van der Waals surface area contributed by atoms with Gasteiger partial charge in [-0.15, -0.1) is 0 Å². The molecular weight excluding hydrogens is 306 g/mol. The number of ether oxygens (including phenoxy) is 1. The van der Waals surface area contributed by atoms with E-state index in [0.717, 1.165) is 23.4 Å². The molecule has 0 spiro atoms. The first-order valence-electron chi connectivity index (χ1n) is 7.52. The third-order valence-electron chi connectivity index (χ3n) is 3.12. The first-order chi connectivity index (χ1) is 11.2. The summed E-state index contributed by atoms with van der Waals surface area (Å²) >= 11 is 5.02. The van der Waals surface area contributed by atoms with Crippen LogP contribution in [0.1, 0.15) is 23.6 Å². The Labute approximate surface area is 142 Å². The predicted molar refractivity (Wildman–Crippen MR) is 99.0 cm³/mol. The third kappa shape index (κ3) is 6.08. The van der Waals surface area contributed by atoms with Crippen LogP contribution in [-0.4, -0.2) is 17.9 Å². The normalized spacial score (nSPS) is 10.5. The molecule has 120 valence electrons. The van der Waals surface area contributed by atoms with Gasteiger partial charge < -0.3 is 10.1 Å². The molecule has 0 aliphatic heterocycles. The lowest BCUT2D eigenvalue weighted by Gasteiger charge is -2.07. The maximum Gasteiger partial charge on any atom is 0.186 e. The molecule has 0 aliphatic carbocycles. The van der Waals surface area contributed by atoms with E-state index in [2.05, 4.69) is 47.0 Å². The van der Waals surface area contributed by atoms with Gasteiger partial charge >= 0.3 is 0 Å². The van der Waals surface area contributed by atoms with Gasteiger partial charge in [0.05, 0.1) is 6.21 Å². The summed E-state index contributed by atoms with van der Waals surface area (Å²) in [5.41, 5.74) is 6.13. The number of hydrogen-bond acceptors (Lipinski definition) is 3. The predicted octanol–water partition coefficient (Wildman–Crippen LogP) is 3.39. The maximum atomic E-state index is 5.77. The summed E-state index contributed by atoms with van der Waals surface area (Å²) < 4.78 is 5.77. The molecular formula is C18H21N3OS. The molecule has 0 aliphatic rings. The Hall–Kier alpha value is -2.40. The van der Waals surface area contributed by atoms with Gasteiger partial charge in [-0.3, -0.25) is 5.43 Å². The smallest absolute Gasteiger partial charge is 0.186 e. The van der Waals surface area contributed by atoms with Crippen molar-refractivity contribution in [2.75, 3.05) is 6.54 Å². The molecule has 0 heterocycles. The monoisotopic (exact) mass is 327 g/mol. The second-order valence-corrected chi connectivity index (χ2v) is 5.48. The second kappa shape index (κ2) is 8.90. The number of benzene rings is 2. The van der Waals surface area contributed by atoms with Crippen molar-refractivity contribution in [2.24, 2.45) is 5.10 Å². The highest BCUT2D eigenvalue weighted by atomic mass is 32.1. The summed E-state index contributed by atoms with van der Waals surface area (Å²) in [6, 6.07) is 16.1. The standard InChI is InChI=1S/C18H21N3OS/c1-3-19-18(23)21-20-12-15-8-10-17(11-9-15)22-13-16-6-4-14(2)5-7-16/h4-12H,3,13H2,1-2H3,(H2,19,21,23). The minimum Gasteiger partial charge on any atom is -0.489 e. The Morgan fingerprint density at radius 3 is 2.48 bits per heavy atom. The van der Waals surface area contributed by atoms with Crippen molar-refractivity contribution in [2.45, 2.75) is 20.5 Å². The Balaban J connectivity index is 1.83. The summed E-state index contributed by atoms with van der Waals surface area (Å²) in [6.07, 6.45) is 1.72. The van der Waals surface area contributed by atoms with E-state index in [9.17, 15) is 0 Å². The van der Waals surface area contributed by atoms with E-state index < -0.39 is 0 Å². The molecule has 2 N–H and O–H groups in total. The molecule has 0 saturated carbocycles. The highest BCUT2D eigenvalue weighted by Crippen LogP contribution is 2.13. The lowest BCUT2D eigenvalue weighted by molar-refractivity contribution is 0.306. The van der Waals surface area contributed by atoms with Gasteiger partial charge in [0.1, 0.15) is 12.4 Å². The molecule has 0 amide bonds. The molecule has 0 fully saturated rings. The van der Waals surface area contributed by atoms with Gasteiger partial charge in [-0.25, -0.2) is 0 Å². The van der Waals surface area contributed by atoms with Crippen LogP contribution >= 0.6 is 12.2 Å². The van der Waals surface area contributed by atoms with Gasteiger partial charge in [0.15, 0.2) is 5.11 Å². The van der Waals surface area contributed by atoms with Gasteiger partial charge in [-0.05, 0) is 61.5 Å². The van der Waals surface area contributed by atoms with Crippen LogP contribution in [0.3, 0.4) is 0 Å². The van der Waals surface area contributed by atoms with Crippen LogP contribution in [0, 0.1) is 6.92 Å². The summed E-state index contributed by atoms with van der Waals surface area (Å²) in [7, 11) is 0. The molecule has 5 heteroatoms. The highest BCUT2D eigenvalue weighted by molar-refractivity contribution is 7.80. The van der Waals surface area contributed by atoms with Crippen LogP contribution in [0.25, 0.3) is 0 Å². The van der Waals surface area contributed by atoms with E-state index in [1.165, 1.54) is 5.56 Å². The number of aryl methyl sites for hydroxylation is 1. The molecule has 2 rings (SSSR count). The Bertz CT molecular complexity index is 651. The quantitative estimate of drug-likeness (QED) is 0.485. The van der Waals surface area contributed by atoms with Crippen LogP contribution in [0.4, 0.5) is 0 Å². The fraction of sp³-hybridized carbons (Fsp3) is 0.222. The SMILES string of the molecule is CCNC(=S)NN=Cc1ccc(OCc2ccc(C)cc2)cc1. The molecule has 4 nitrogen and oxygen atoms in total. The number of nitrogens with zero attached hydrogens (tertiary/aromatic N) is 1. The van der Waals surface area contributed by atoms with Crippen molar-refractivity contribution in [1.29, 1.82) is 0 Å². The van der Waals surface area contributed by atoms with E-state index in [-0.39, 0.29) is 0 Å². The van der Waals surface area contributed by atoms with Crippen LogP contribution in [-0.2, 0) is 6.61 Å². The molecule has 0 aromatic heterocycles. The van der Waals surface area contributed by atoms with E-state index in [0.29, 0.717) is 11.7 Å². The van der Waals surface area contributed by atoms with E-state index >= 15 is 0 Å². The van der Waals surface area contributed by atoms with Gasteiger partial charge in [0, 0.05) is 6.54 Å². The van der Waals surface area contributed by atoms with Crippen molar-refractivity contribution in [3.63, 3.8) is 0 Å². The molecule has 0 unspecified atom stereocenters. The third-order valence-corrected chi connectivity index (χ3v) is 3.36. The van der Waals surface area contributed by atoms with Gasteiger partial charge in [0.25, 0.3) is 0 Å². The van der Waals surface area contributed by atoms with E-state index in [4.69, 9.17) is 17.0 Å². The van der Waals surface area contributed by atoms with Crippen LogP contribution in [0.5, 0.6) is 5.75 Å². The van der Waals surface area contributed by atoms with Crippen molar-refractivity contribution in [3.05, 3.63) is 65.2 Å². The fourth-order valence-electron chi connectivity index (χ4n) is 1.87. The second-order valence-electron chi connectivity index (χ2n) is 5.07. The Morgan fingerprint density at radius 2 is 1.83 bits per heavy atom. The minimum atomic E-state index is 0.516. The van der Waals surface area contributed by atoms with Crippen LogP contribution in [0.2, 0.25) is 0 Å². The number of hydrazone groups is 1. The largest absolute Gasteiger partial charge is 0.489 e. The summed E-state index contributed by atoms with van der Waals surface area (Å²) in [5.74, 6) is 0.832. The minimum absolute atomic E-state index is 0.516. The molecule has 0 radical (unpaired) electrons. The maximum absolute atomic E-state index is 5.77. The summed E-state index contributed by atoms with van der Waals surface area (Å²) in [4.78, 5) is 0. The van der Waals surface area contributed by atoms with Crippen LogP contribution in [0.15, 0.2) is 53.6 Å². The van der Waals surface area contributed by atoms with Crippen LogP contribution < -0.4 is 15.5 Å². The number of thiocarbonyl (C=S) groups is 1. The molecule has 0 bridgehead atoms. The molecule has 0 atom stereocenters. The zero-order valence-electron chi connectivity index (χ0n) is 13.4. The first-order valence-corrected chi connectivity index (χ1v) is 7.93. The average Bonchev–Trinajstić information content (AvgIpc) is 2.56. The Morgan fingerprint density at radius 1 is 1.13 bits per heavy atom. The van der Waals surface area contributed by atoms with E-state index in [1.54, 1.807) is 6.21 Å². The lowest BCUT2D eigenvalue weighted by atomic mass is 10.2. The van der Waals surface area contributed by atoms with Gasteiger partial charge in [-0.2, -0.15) is 5.10 Å². The van der Waals surface area contributed by atoms with E-state index in [1.807, 2.05) is 31.2 Å². The molecule has 2 aromatic carbocycles. The lowest BCUT2D eigenvalue weighted by Crippen LogP contribution is -2.31. The number of hydrogen-bond donors (Lipinski definition) is 2. The zero-order chi connectivity index (χ0) is 16.5. The average molecular weight is 327 g/mol. The summed E-state index contributed by atoms with van der Waals surface area (Å²) in [5, 5.41) is 7.55. The van der Waals surface area contributed by atoms with Gasteiger partial charge in [-0.1, -0.05) is 29.8 Å². The van der Waals surface area contributed by atoms with Crippen molar-refractivity contribution < 1.29 is 4.74 Å². The molecule has 0 saturated heterocycles. The fourth-order valence-corrected chi connectivity index (χ4v) is 2.06. The number of nitrogens with one attached hydrogen (secondary N) is 2. The Kier molecular flexibility index (Phi) is 6.56. The molecule has 23 heavy (non-hydrogen) atoms. The number of rotatable bonds is 6. The topological polar surface area (TPSA) is 45.7 Å². The molecule has 2 aromatic rings. The van der Waals surface area contributed by atoms with Gasteiger partial charge in [0.2, 0.25) is 0 Å². The summed E-state index contributed by atoms with van der Waals surface area (Å²) in [6.45, 7) is 5.39.